The van der Waals surface area contributed by atoms with E-state index in [1.807, 2.05) is 24.5 Å². The van der Waals surface area contributed by atoms with Gasteiger partial charge in [0.2, 0.25) is 5.75 Å². The van der Waals surface area contributed by atoms with Crippen molar-refractivity contribution in [1.82, 2.24) is 0 Å². The van der Waals surface area contributed by atoms with E-state index >= 15 is 0 Å². The summed E-state index contributed by atoms with van der Waals surface area (Å²) in [6.45, 7) is 0. The van der Waals surface area contributed by atoms with E-state index in [2.05, 4.69) is 0 Å². The van der Waals surface area contributed by atoms with Crippen LogP contribution in [0.25, 0.3) is 6.08 Å². The van der Waals surface area contributed by atoms with Crippen LogP contribution in [0, 0.1) is 10.1 Å². The van der Waals surface area contributed by atoms with Gasteiger partial charge in [0.15, 0.2) is 15.8 Å². The smallest absolute Gasteiger partial charge is 0.416 e. The number of benzene rings is 3. The van der Waals surface area contributed by atoms with Crippen molar-refractivity contribution >= 4 is 63.4 Å². The minimum Gasteiger partial charge on any atom is -0.493 e. The number of methoxy groups -OCH3 is 1. The van der Waals surface area contributed by atoms with Crippen molar-refractivity contribution in [3.63, 3.8) is 0 Å². The normalized spacial score (nSPS) is 14.8. The first kappa shape index (κ1) is 27.5. The number of carbonyl (C=O) groups is 1. The Hall–Kier alpha value is -3.55. The van der Waals surface area contributed by atoms with E-state index in [9.17, 15) is 28.1 Å². The first-order valence-corrected chi connectivity index (χ1v) is 13.1. The summed E-state index contributed by atoms with van der Waals surface area (Å²) in [6.07, 6.45) is -1.20. The van der Waals surface area contributed by atoms with E-state index in [1.165, 1.54) is 24.1 Å². The van der Waals surface area contributed by atoms with Gasteiger partial charge in [-0.1, -0.05) is 36.1 Å². The van der Waals surface area contributed by atoms with Gasteiger partial charge in [-0.3, -0.25) is 19.8 Å². The van der Waals surface area contributed by atoms with Crippen molar-refractivity contribution in [3.05, 3.63) is 86.8 Å². The molecule has 0 aliphatic carbocycles. The molecule has 0 aromatic heterocycles. The fourth-order valence-corrected chi connectivity index (χ4v) is 5.24. The Labute approximate surface area is 228 Å². The van der Waals surface area contributed by atoms with Gasteiger partial charge < -0.3 is 9.47 Å². The second kappa shape index (κ2) is 11.1. The summed E-state index contributed by atoms with van der Waals surface area (Å²) in [4.78, 5) is 26.4. The van der Waals surface area contributed by atoms with Crippen LogP contribution >= 0.6 is 35.7 Å². The van der Waals surface area contributed by atoms with Crippen molar-refractivity contribution in [2.45, 2.75) is 11.1 Å². The highest BCUT2D eigenvalue weighted by molar-refractivity contribution is 8.27. The third-order valence-corrected chi connectivity index (χ3v) is 7.32. The van der Waals surface area contributed by atoms with E-state index in [0.717, 1.165) is 22.7 Å². The van der Waals surface area contributed by atoms with E-state index in [-0.39, 0.29) is 23.2 Å². The van der Waals surface area contributed by atoms with Gasteiger partial charge in [0, 0.05) is 11.0 Å². The number of nitrogens with zero attached hydrogens (tertiary/aromatic N) is 2. The topological polar surface area (TPSA) is 81.9 Å². The molecule has 0 saturated carbocycles. The van der Waals surface area contributed by atoms with Gasteiger partial charge in [-0.05, 0) is 60.4 Å². The van der Waals surface area contributed by atoms with Gasteiger partial charge in [0.25, 0.3) is 5.91 Å². The zero-order valence-corrected chi connectivity index (χ0v) is 22.1. The second-order valence-corrected chi connectivity index (χ2v) is 10.2. The Balaban J connectivity index is 1.61. The molecule has 38 heavy (non-hydrogen) atoms. The number of halogens is 3. The molecule has 0 spiro atoms. The maximum Gasteiger partial charge on any atom is 0.416 e. The van der Waals surface area contributed by atoms with Crippen LogP contribution in [0.15, 0.2) is 70.5 Å². The van der Waals surface area contributed by atoms with Crippen molar-refractivity contribution in [1.29, 1.82) is 0 Å². The molecule has 7 nitrogen and oxygen atoms in total. The Bertz CT molecular complexity index is 1480. The number of rotatable bonds is 7. The molecule has 0 unspecified atom stereocenters. The molecule has 1 aliphatic heterocycles. The van der Waals surface area contributed by atoms with Gasteiger partial charge in [0.05, 0.1) is 28.2 Å². The molecule has 3 aromatic carbocycles. The largest absolute Gasteiger partial charge is 0.493 e. The molecule has 0 N–H and O–H groups in total. The molecule has 1 aliphatic rings. The van der Waals surface area contributed by atoms with Crippen molar-refractivity contribution in [2.24, 2.45) is 0 Å². The molecule has 13 heteroatoms. The molecule has 0 radical (unpaired) electrons. The van der Waals surface area contributed by atoms with E-state index in [4.69, 9.17) is 21.7 Å². The maximum atomic E-state index is 13.1. The lowest BCUT2D eigenvalue weighted by atomic mass is 10.1. The van der Waals surface area contributed by atoms with Gasteiger partial charge in [-0.2, -0.15) is 13.2 Å². The number of thiocarbonyl (C=S) groups is 1. The third-order valence-electron chi connectivity index (χ3n) is 5.29. The third kappa shape index (κ3) is 5.79. The minimum atomic E-state index is -4.75. The summed E-state index contributed by atoms with van der Waals surface area (Å²) < 4.78 is 50.3. The van der Waals surface area contributed by atoms with Gasteiger partial charge in [0.1, 0.15) is 0 Å². The first-order valence-electron chi connectivity index (χ1n) is 10.7. The highest BCUT2D eigenvalue weighted by Gasteiger charge is 2.34. The minimum absolute atomic E-state index is 0.0361. The Kier molecular flexibility index (Phi) is 7.99. The Morgan fingerprint density at radius 2 is 1.82 bits per heavy atom. The average Bonchev–Trinajstić information content (AvgIpc) is 3.16. The van der Waals surface area contributed by atoms with Crippen molar-refractivity contribution in [3.8, 4) is 17.2 Å². The molecule has 1 amide bonds. The first-order chi connectivity index (χ1) is 18.0. The summed E-state index contributed by atoms with van der Waals surface area (Å²) in [6, 6.07) is 14.0. The lowest BCUT2D eigenvalue weighted by Gasteiger charge is -2.15. The van der Waals surface area contributed by atoms with Crippen LogP contribution in [0.2, 0.25) is 0 Å². The molecule has 0 atom stereocenters. The fourth-order valence-electron chi connectivity index (χ4n) is 3.49. The molecule has 1 heterocycles. The van der Waals surface area contributed by atoms with Crippen LogP contribution in [0.4, 0.5) is 24.5 Å². The zero-order valence-electron chi connectivity index (χ0n) is 19.6. The fraction of sp³-hybridized carbons (Fsp3) is 0.120. The predicted octanol–water partition coefficient (Wildman–Crippen LogP) is 7.54. The molecule has 1 saturated heterocycles. The van der Waals surface area contributed by atoms with Crippen LogP contribution < -0.4 is 14.4 Å². The zero-order chi connectivity index (χ0) is 27.6. The lowest BCUT2D eigenvalue weighted by molar-refractivity contribution is -0.385. The van der Waals surface area contributed by atoms with E-state index in [0.29, 0.717) is 32.6 Å². The van der Waals surface area contributed by atoms with Gasteiger partial charge in [-0.25, -0.2) is 0 Å². The van der Waals surface area contributed by atoms with E-state index < -0.39 is 22.4 Å². The lowest BCUT2D eigenvalue weighted by Crippen LogP contribution is -2.27. The van der Waals surface area contributed by atoms with Crippen molar-refractivity contribution in [2.75, 3.05) is 18.3 Å². The number of hydrogen-bond donors (Lipinski definition) is 0. The number of carbonyl (C=O) groups excluding carboxylic acids is 1. The second-order valence-electron chi connectivity index (χ2n) is 7.67. The summed E-state index contributed by atoms with van der Waals surface area (Å²) in [5.41, 5.74) is -0.812. The van der Waals surface area contributed by atoms with E-state index in [1.54, 1.807) is 30.0 Å². The molecule has 196 valence electrons. The average molecular weight is 579 g/mol. The number of alkyl halides is 3. The number of anilines is 1. The highest BCUT2D eigenvalue weighted by Crippen LogP contribution is 2.41. The maximum absolute atomic E-state index is 13.1. The Morgan fingerprint density at radius 1 is 1.08 bits per heavy atom. The highest BCUT2D eigenvalue weighted by atomic mass is 32.2. The van der Waals surface area contributed by atoms with Gasteiger partial charge in [-0.15, -0.1) is 11.8 Å². The standard InChI is InChI=1S/C25H17F3N2O5S3/c1-34-21-10-14(11-22-23(31)29(24(36)38-22)16-4-3-5-17(13-16)37-2)6-8-20(21)35-19-9-7-15(25(26,27)28)12-18(19)30(32)33/h3-13H,1-2H3/b22-11+. The number of hydrogen-bond acceptors (Lipinski definition) is 8. The summed E-state index contributed by atoms with van der Waals surface area (Å²) in [5, 5.41) is 11.4. The molecule has 0 bridgehead atoms. The van der Waals surface area contributed by atoms with Crippen LogP contribution in [-0.4, -0.2) is 28.5 Å². The monoisotopic (exact) mass is 578 g/mol. The molecular formula is C25H17F3N2O5S3. The van der Waals surface area contributed by atoms with Crippen LogP contribution in [0.5, 0.6) is 17.2 Å². The Morgan fingerprint density at radius 3 is 2.47 bits per heavy atom. The molecule has 4 rings (SSSR count). The predicted molar refractivity (Wildman–Crippen MR) is 145 cm³/mol. The van der Waals surface area contributed by atoms with Gasteiger partial charge >= 0.3 is 11.9 Å². The summed E-state index contributed by atoms with van der Waals surface area (Å²) in [5.74, 6) is -0.495. The number of thioether (sulfide) groups is 2. The molecule has 3 aromatic rings. The molecular weight excluding hydrogens is 561 g/mol. The SMILES string of the molecule is COc1cc(/C=C2/SC(=S)N(c3cccc(SC)c3)C2=O)ccc1Oc1ccc(C(F)(F)F)cc1[N+](=O)[O-]. The number of nitro benzene ring substituents is 1. The number of ether oxygens (including phenoxy) is 2. The summed E-state index contributed by atoms with van der Waals surface area (Å²) >= 11 is 8.11. The summed E-state index contributed by atoms with van der Waals surface area (Å²) in [7, 11) is 1.34. The van der Waals surface area contributed by atoms with Crippen molar-refractivity contribution < 1.29 is 32.4 Å². The quantitative estimate of drug-likeness (QED) is 0.0935. The molecule has 1 fully saturated rings. The van der Waals surface area contributed by atoms with Crippen LogP contribution in [-0.2, 0) is 11.0 Å². The number of amides is 1. The number of nitro groups is 1. The van der Waals surface area contributed by atoms with Crippen LogP contribution in [0.3, 0.4) is 0 Å². The van der Waals surface area contributed by atoms with Crippen LogP contribution in [0.1, 0.15) is 11.1 Å².